The molecule has 64 valence electrons. The zero-order valence-electron chi connectivity index (χ0n) is 7.21. The summed E-state index contributed by atoms with van der Waals surface area (Å²) < 4.78 is 5.32. The zero-order chi connectivity index (χ0) is 8.97. The van der Waals surface area contributed by atoms with Gasteiger partial charge in [0.05, 0.1) is 5.69 Å². The van der Waals surface area contributed by atoms with Gasteiger partial charge in [0.25, 0.3) is 0 Å². The van der Waals surface area contributed by atoms with Crippen LogP contribution in [0.3, 0.4) is 0 Å². The van der Waals surface area contributed by atoms with Gasteiger partial charge in [-0.05, 0) is 24.6 Å². The molecule has 0 aromatic heterocycles. The number of ether oxygens (including phenoxy) is 1. The molecule has 0 aliphatic carbocycles. The van der Waals surface area contributed by atoms with Crippen LogP contribution in [0.25, 0.3) is 0 Å². The largest absolute Gasteiger partial charge is 0.487 e. The van der Waals surface area contributed by atoms with Gasteiger partial charge < -0.3 is 10.5 Å². The Morgan fingerprint density at radius 3 is 3.00 bits per heavy atom. The number of hydrogen-bond acceptors (Lipinski definition) is 2. The lowest BCUT2D eigenvalue weighted by Crippen LogP contribution is -1.97. The molecule has 2 heteroatoms. The van der Waals surface area contributed by atoms with Crippen molar-refractivity contribution >= 4 is 5.69 Å². The van der Waals surface area contributed by atoms with Crippen LogP contribution in [0.1, 0.15) is 5.56 Å². The number of nitrogens with two attached hydrogens (primary N) is 1. The monoisotopic (exact) mass is 163 g/mol. The summed E-state index contributed by atoms with van der Waals surface area (Å²) in [5, 5.41) is 0. The Morgan fingerprint density at radius 2 is 2.33 bits per heavy atom. The maximum absolute atomic E-state index is 5.67. The van der Waals surface area contributed by atoms with Gasteiger partial charge in [-0.2, -0.15) is 0 Å². The van der Waals surface area contributed by atoms with E-state index in [0.717, 1.165) is 11.3 Å². The van der Waals surface area contributed by atoms with E-state index in [1.165, 1.54) is 0 Å². The number of hydrogen-bond donors (Lipinski definition) is 1. The fourth-order valence-corrected chi connectivity index (χ4v) is 0.915. The van der Waals surface area contributed by atoms with Gasteiger partial charge in [-0.3, -0.25) is 0 Å². The van der Waals surface area contributed by atoms with E-state index >= 15 is 0 Å². The minimum absolute atomic E-state index is 0.494. The SMILES string of the molecule is C=CCOc1cc(C)ccc1N. The van der Waals surface area contributed by atoms with Crippen LogP contribution in [0.4, 0.5) is 5.69 Å². The third kappa shape index (κ3) is 2.02. The average Bonchev–Trinajstić information content (AvgIpc) is 2.07. The smallest absolute Gasteiger partial charge is 0.142 e. The Bertz CT molecular complexity index is 281. The summed E-state index contributed by atoms with van der Waals surface area (Å²) in [5.74, 6) is 0.731. The topological polar surface area (TPSA) is 35.2 Å². The van der Waals surface area contributed by atoms with Gasteiger partial charge in [0.15, 0.2) is 0 Å². The van der Waals surface area contributed by atoms with Crippen LogP contribution >= 0.6 is 0 Å². The molecule has 1 rings (SSSR count). The van der Waals surface area contributed by atoms with Gasteiger partial charge in [-0.15, -0.1) is 0 Å². The van der Waals surface area contributed by atoms with Gasteiger partial charge in [-0.1, -0.05) is 18.7 Å². The normalized spacial score (nSPS) is 9.42. The van der Waals surface area contributed by atoms with Crippen LogP contribution in [-0.4, -0.2) is 6.61 Å². The minimum Gasteiger partial charge on any atom is -0.487 e. The number of rotatable bonds is 3. The highest BCUT2D eigenvalue weighted by atomic mass is 16.5. The van der Waals surface area contributed by atoms with Crippen LogP contribution in [0.15, 0.2) is 30.9 Å². The van der Waals surface area contributed by atoms with E-state index in [1.807, 2.05) is 25.1 Å². The highest BCUT2D eigenvalue weighted by Gasteiger charge is 1.97. The molecule has 0 amide bonds. The Labute approximate surface area is 72.7 Å². The Balaban J connectivity index is 2.82. The van der Waals surface area contributed by atoms with Crippen LogP contribution in [0.2, 0.25) is 0 Å². The molecule has 0 saturated carbocycles. The summed E-state index contributed by atoms with van der Waals surface area (Å²) in [6, 6.07) is 5.71. The molecular weight excluding hydrogens is 150 g/mol. The number of anilines is 1. The second-order valence-electron chi connectivity index (χ2n) is 2.64. The van der Waals surface area contributed by atoms with E-state index in [-0.39, 0.29) is 0 Å². The van der Waals surface area contributed by atoms with Gasteiger partial charge in [0.2, 0.25) is 0 Å². The molecule has 0 radical (unpaired) electrons. The lowest BCUT2D eigenvalue weighted by atomic mass is 10.2. The molecule has 0 atom stereocenters. The van der Waals surface area contributed by atoms with E-state index in [2.05, 4.69) is 6.58 Å². The first-order valence-corrected chi connectivity index (χ1v) is 3.84. The van der Waals surface area contributed by atoms with Crippen molar-refractivity contribution in [2.75, 3.05) is 12.3 Å². The predicted molar refractivity (Wildman–Crippen MR) is 51.3 cm³/mol. The molecule has 2 nitrogen and oxygen atoms in total. The number of nitrogen functional groups attached to an aromatic ring is 1. The van der Waals surface area contributed by atoms with E-state index < -0.39 is 0 Å². The van der Waals surface area contributed by atoms with Gasteiger partial charge in [-0.25, -0.2) is 0 Å². The van der Waals surface area contributed by atoms with Crippen molar-refractivity contribution in [3.05, 3.63) is 36.4 Å². The molecule has 0 unspecified atom stereocenters. The number of aryl methyl sites for hydroxylation is 1. The number of benzene rings is 1. The van der Waals surface area contributed by atoms with Crippen molar-refractivity contribution in [3.63, 3.8) is 0 Å². The van der Waals surface area contributed by atoms with E-state index in [0.29, 0.717) is 12.3 Å². The Hall–Kier alpha value is -1.44. The Morgan fingerprint density at radius 1 is 1.58 bits per heavy atom. The molecule has 0 heterocycles. The summed E-state index contributed by atoms with van der Waals surface area (Å²) in [7, 11) is 0. The summed E-state index contributed by atoms with van der Waals surface area (Å²) in [4.78, 5) is 0. The first-order chi connectivity index (χ1) is 5.74. The third-order valence-corrected chi connectivity index (χ3v) is 1.53. The van der Waals surface area contributed by atoms with Crippen molar-refractivity contribution in [1.29, 1.82) is 0 Å². The quantitative estimate of drug-likeness (QED) is 0.547. The molecule has 0 aliphatic rings. The molecule has 0 saturated heterocycles. The maximum Gasteiger partial charge on any atom is 0.142 e. The van der Waals surface area contributed by atoms with Crippen LogP contribution < -0.4 is 10.5 Å². The van der Waals surface area contributed by atoms with E-state index in [9.17, 15) is 0 Å². The van der Waals surface area contributed by atoms with Crippen molar-refractivity contribution in [2.24, 2.45) is 0 Å². The fourth-order valence-electron chi connectivity index (χ4n) is 0.915. The van der Waals surface area contributed by atoms with Gasteiger partial charge in [0, 0.05) is 0 Å². The standard InChI is InChI=1S/C10H13NO/c1-3-6-12-10-7-8(2)4-5-9(10)11/h3-5,7H,1,6,11H2,2H3. The summed E-state index contributed by atoms with van der Waals surface area (Å²) in [6.45, 7) is 6.06. The Kier molecular flexibility index (Phi) is 2.75. The average molecular weight is 163 g/mol. The molecule has 1 aromatic rings. The molecule has 0 bridgehead atoms. The highest BCUT2D eigenvalue weighted by molar-refractivity contribution is 5.53. The second kappa shape index (κ2) is 3.81. The highest BCUT2D eigenvalue weighted by Crippen LogP contribution is 2.21. The third-order valence-electron chi connectivity index (χ3n) is 1.53. The first kappa shape index (κ1) is 8.65. The summed E-state index contributed by atoms with van der Waals surface area (Å²) >= 11 is 0. The van der Waals surface area contributed by atoms with Crippen molar-refractivity contribution in [3.8, 4) is 5.75 Å². The molecule has 2 N–H and O–H groups in total. The molecule has 0 aliphatic heterocycles. The maximum atomic E-state index is 5.67. The summed E-state index contributed by atoms with van der Waals surface area (Å²) in [5.41, 5.74) is 7.48. The van der Waals surface area contributed by atoms with Crippen molar-refractivity contribution in [1.82, 2.24) is 0 Å². The first-order valence-electron chi connectivity index (χ1n) is 3.84. The lowest BCUT2D eigenvalue weighted by Gasteiger charge is -2.06. The van der Waals surface area contributed by atoms with Crippen LogP contribution in [-0.2, 0) is 0 Å². The zero-order valence-corrected chi connectivity index (χ0v) is 7.21. The second-order valence-corrected chi connectivity index (χ2v) is 2.64. The predicted octanol–water partition coefficient (Wildman–Crippen LogP) is 2.14. The van der Waals surface area contributed by atoms with Gasteiger partial charge >= 0.3 is 0 Å². The van der Waals surface area contributed by atoms with E-state index in [1.54, 1.807) is 6.08 Å². The van der Waals surface area contributed by atoms with E-state index in [4.69, 9.17) is 10.5 Å². The lowest BCUT2D eigenvalue weighted by molar-refractivity contribution is 0.365. The van der Waals surface area contributed by atoms with Crippen LogP contribution in [0.5, 0.6) is 5.75 Å². The van der Waals surface area contributed by atoms with Gasteiger partial charge in [0.1, 0.15) is 12.4 Å². The molecule has 1 aromatic carbocycles. The fraction of sp³-hybridized carbons (Fsp3) is 0.200. The summed E-state index contributed by atoms with van der Waals surface area (Å²) in [6.07, 6.45) is 1.70. The van der Waals surface area contributed by atoms with Crippen molar-refractivity contribution in [2.45, 2.75) is 6.92 Å². The molecular formula is C10H13NO. The van der Waals surface area contributed by atoms with Crippen LogP contribution in [0, 0.1) is 6.92 Å². The molecule has 0 spiro atoms. The van der Waals surface area contributed by atoms with Crippen molar-refractivity contribution < 1.29 is 4.74 Å². The minimum atomic E-state index is 0.494. The molecule has 0 fully saturated rings. The molecule has 12 heavy (non-hydrogen) atoms.